The zero-order chi connectivity index (χ0) is 24.4. The molecule has 0 spiro atoms. The van der Waals surface area contributed by atoms with Crippen LogP contribution in [-0.4, -0.2) is 31.5 Å². The fraction of sp³-hybridized carbons (Fsp3) is 0.111. The summed E-state index contributed by atoms with van der Waals surface area (Å²) in [5, 5.41) is 9.01. The molecule has 0 saturated carbocycles. The van der Waals surface area contributed by atoms with E-state index in [9.17, 15) is 4.79 Å². The minimum Gasteiger partial charge on any atom is -0.329 e. The van der Waals surface area contributed by atoms with Crippen molar-refractivity contribution in [2.75, 3.05) is 0 Å². The maximum atomic E-state index is 12.8. The summed E-state index contributed by atoms with van der Waals surface area (Å²) in [5.74, 6) is 0.626. The highest BCUT2D eigenvalue weighted by atomic mass is 79.9. The maximum absolute atomic E-state index is 12.8. The smallest absolute Gasteiger partial charge is 0.271 e. The fourth-order valence-electron chi connectivity index (χ4n) is 4.04. The lowest BCUT2D eigenvalue weighted by Gasteiger charge is -2.03. The second kappa shape index (κ2) is 9.68. The van der Waals surface area contributed by atoms with Gasteiger partial charge < -0.3 is 4.57 Å². The van der Waals surface area contributed by atoms with Crippen LogP contribution in [0.2, 0.25) is 0 Å². The van der Waals surface area contributed by atoms with E-state index in [1.165, 1.54) is 0 Å². The number of para-hydroxylation sites is 1. The number of aryl methyl sites for hydroxylation is 2. The van der Waals surface area contributed by atoms with E-state index in [0.29, 0.717) is 5.56 Å². The van der Waals surface area contributed by atoms with Gasteiger partial charge >= 0.3 is 0 Å². The summed E-state index contributed by atoms with van der Waals surface area (Å²) < 4.78 is 4.91. The fourth-order valence-corrected chi connectivity index (χ4v) is 4.31. The number of carbonyl (C=O) groups is 1. The average Bonchev–Trinajstić information content (AvgIpc) is 3.44. The third-order valence-corrected chi connectivity index (χ3v) is 6.30. The summed E-state index contributed by atoms with van der Waals surface area (Å²) in [4.78, 5) is 17.3. The van der Waals surface area contributed by atoms with E-state index < -0.39 is 0 Å². The Morgan fingerprint density at radius 1 is 1.09 bits per heavy atom. The average molecular weight is 527 g/mol. The number of carbonyl (C=O) groups excluding carboxylic acids is 1. The van der Waals surface area contributed by atoms with Gasteiger partial charge in [0.25, 0.3) is 5.91 Å². The predicted octanol–water partition coefficient (Wildman–Crippen LogP) is 5.74. The van der Waals surface area contributed by atoms with E-state index in [4.69, 9.17) is 5.10 Å². The SMILES string of the molecule is CCn1c(C)nc2cc(C(=O)N/N=C/c3cn(-c4ccccc4)nc3-c3ccc(Br)cc3)ccc21. The topological polar surface area (TPSA) is 77.1 Å². The van der Waals surface area contributed by atoms with Crippen LogP contribution in [0.15, 0.2) is 88.6 Å². The van der Waals surface area contributed by atoms with Crippen LogP contribution in [0.4, 0.5) is 0 Å². The molecule has 0 fully saturated rings. The highest BCUT2D eigenvalue weighted by Gasteiger charge is 2.13. The Bertz CT molecular complexity index is 1530. The van der Waals surface area contributed by atoms with Gasteiger partial charge in [0.1, 0.15) is 11.5 Å². The standard InChI is InChI=1S/C27H23BrN6O/c1-3-33-18(2)30-24-15-20(11-14-25(24)33)27(35)31-29-16-21-17-34(23-7-5-4-6-8-23)32-26(21)19-9-12-22(28)13-10-19/h4-17H,3H2,1-2H3,(H,31,35)/b29-16+. The van der Waals surface area contributed by atoms with Crippen molar-refractivity contribution in [1.29, 1.82) is 0 Å². The van der Waals surface area contributed by atoms with E-state index in [-0.39, 0.29) is 5.91 Å². The molecule has 5 aromatic rings. The number of halogens is 1. The molecule has 0 atom stereocenters. The summed E-state index contributed by atoms with van der Waals surface area (Å²) in [6.45, 7) is 4.87. The third kappa shape index (κ3) is 4.65. The van der Waals surface area contributed by atoms with Crippen molar-refractivity contribution in [3.63, 3.8) is 0 Å². The van der Waals surface area contributed by atoms with Crippen LogP contribution < -0.4 is 5.43 Å². The van der Waals surface area contributed by atoms with Crippen molar-refractivity contribution in [3.05, 3.63) is 100 Å². The molecule has 35 heavy (non-hydrogen) atoms. The molecular formula is C27H23BrN6O. The molecule has 1 amide bonds. The van der Waals surface area contributed by atoms with Gasteiger partial charge in [-0.25, -0.2) is 15.1 Å². The van der Waals surface area contributed by atoms with Gasteiger partial charge in [-0.2, -0.15) is 10.2 Å². The molecule has 5 rings (SSSR count). The monoisotopic (exact) mass is 526 g/mol. The van der Waals surface area contributed by atoms with Crippen molar-refractivity contribution in [2.24, 2.45) is 5.10 Å². The second-order valence-corrected chi connectivity index (χ2v) is 8.94. The van der Waals surface area contributed by atoms with Crippen LogP contribution in [-0.2, 0) is 6.54 Å². The number of imidazole rings is 1. The number of nitrogens with one attached hydrogen (secondary N) is 1. The maximum Gasteiger partial charge on any atom is 0.271 e. The Morgan fingerprint density at radius 3 is 2.60 bits per heavy atom. The van der Waals surface area contributed by atoms with Gasteiger partial charge in [-0.15, -0.1) is 0 Å². The van der Waals surface area contributed by atoms with Crippen molar-refractivity contribution in [2.45, 2.75) is 20.4 Å². The van der Waals surface area contributed by atoms with Gasteiger partial charge in [0.2, 0.25) is 0 Å². The number of aromatic nitrogens is 4. The summed E-state index contributed by atoms with van der Waals surface area (Å²) in [7, 11) is 0. The molecule has 0 aliphatic carbocycles. The normalized spacial score (nSPS) is 11.4. The Hall–Kier alpha value is -4.04. The van der Waals surface area contributed by atoms with Crippen LogP contribution in [0.5, 0.6) is 0 Å². The molecule has 2 aromatic heterocycles. The van der Waals surface area contributed by atoms with E-state index in [2.05, 4.69) is 42.9 Å². The highest BCUT2D eigenvalue weighted by molar-refractivity contribution is 9.10. The van der Waals surface area contributed by atoms with E-state index in [1.54, 1.807) is 23.0 Å². The summed E-state index contributed by atoms with van der Waals surface area (Å²) in [5.41, 5.74) is 8.37. The molecular weight excluding hydrogens is 504 g/mol. The third-order valence-electron chi connectivity index (χ3n) is 5.77. The molecule has 7 nitrogen and oxygen atoms in total. The Kier molecular flexibility index (Phi) is 6.29. The summed E-state index contributed by atoms with van der Waals surface area (Å²) in [6.07, 6.45) is 3.52. The molecule has 174 valence electrons. The van der Waals surface area contributed by atoms with Gasteiger partial charge in [0, 0.05) is 33.9 Å². The lowest BCUT2D eigenvalue weighted by molar-refractivity contribution is 0.0955. The number of hydrogen-bond donors (Lipinski definition) is 1. The predicted molar refractivity (Wildman–Crippen MR) is 142 cm³/mol. The van der Waals surface area contributed by atoms with E-state index >= 15 is 0 Å². The molecule has 0 aliphatic heterocycles. The molecule has 0 unspecified atom stereocenters. The quantitative estimate of drug-likeness (QED) is 0.226. The van der Waals surface area contributed by atoms with Crippen LogP contribution in [0.1, 0.15) is 28.7 Å². The van der Waals surface area contributed by atoms with Crippen molar-refractivity contribution >= 4 is 39.1 Å². The first kappa shape index (κ1) is 22.7. The van der Waals surface area contributed by atoms with Gasteiger partial charge in [-0.05, 0) is 56.3 Å². The lowest BCUT2D eigenvalue weighted by atomic mass is 10.1. The number of nitrogens with zero attached hydrogens (tertiary/aromatic N) is 5. The molecule has 2 heterocycles. The Labute approximate surface area is 211 Å². The van der Waals surface area contributed by atoms with Gasteiger partial charge in [0.05, 0.1) is 22.9 Å². The zero-order valence-corrected chi connectivity index (χ0v) is 20.9. The number of rotatable bonds is 6. The Morgan fingerprint density at radius 2 is 1.86 bits per heavy atom. The number of amides is 1. The summed E-state index contributed by atoms with van der Waals surface area (Å²) in [6, 6.07) is 23.3. The first-order valence-electron chi connectivity index (χ1n) is 11.2. The molecule has 0 bridgehead atoms. The summed E-state index contributed by atoms with van der Waals surface area (Å²) >= 11 is 3.48. The van der Waals surface area contributed by atoms with Crippen LogP contribution in [0.3, 0.4) is 0 Å². The van der Waals surface area contributed by atoms with E-state index in [0.717, 1.165) is 50.4 Å². The number of benzene rings is 3. The first-order valence-corrected chi connectivity index (χ1v) is 12.0. The van der Waals surface area contributed by atoms with Gasteiger partial charge in [-0.1, -0.05) is 46.3 Å². The molecule has 1 N–H and O–H groups in total. The molecule has 0 saturated heterocycles. The second-order valence-electron chi connectivity index (χ2n) is 8.03. The van der Waals surface area contributed by atoms with Crippen LogP contribution >= 0.6 is 15.9 Å². The minimum atomic E-state index is -0.299. The molecule has 8 heteroatoms. The Balaban J connectivity index is 1.42. The van der Waals surface area contributed by atoms with Gasteiger partial charge in [0.15, 0.2) is 0 Å². The molecule has 3 aromatic carbocycles. The van der Waals surface area contributed by atoms with Crippen molar-refractivity contribution in [1.82, 2.24) is 24.8 Å². The zero-order valence-electron chi connectivity index (χ0n) is 19.3. The highest BCUT2D eigenvalue weighted by Crippen LogP contribution is 2.24. The lowest BCUT2D eigenvalue weighted by Crippen LogP contribution is -2.17. The van der Waals surface area contributed by atoms with Crippen LogP contribution in [0.25, 0.3) is 28.0 Å². The molecule has 0 aliphatic rings. The van der Waals surface area contributed by atoms with Crippen molar-refractivity contribution < 1.29 is 4.79 Å². The number of hydrogen-bond acceptors (Lipinski definition) is 4. The van der Waals surface area contributed by atoms with E-state index in [1.807, 2.05) is 73.8 Å². The molecule has 0 radical (unpaired) electrons. The minimum absolute atomic E-state index is 0.299. The number of fused-ring (bicyclic) bond motifs is 1. The van der Waals surface area contributed by atoms with Crippen molar-refractivity contribution in [3.8, 4) is 16.9 Å². The van der Waals surface area contributed by atoms with Gasteiger partial charge in [-0.3, -0.25) is 4.79 Å². The largest absolute Gasteiger partial charge is 0.329 e. The first-order chi connectivity index (χ1) is 17.0. The number of hydrazone groups is 1. The van der Waals surface area contributed by atoms with Crippen LogP contribution in [0, 0.1) is 6.92 Å².